The minimum absolute atomic E-state index is 0.702. The summed E-state index contributed by atoms with van der Waals surface area (Å²) in [4.78, 5) is 22.0. The molecule has 24 heavy (non-hydrogen) atoms. The maximum atomic E-state index is 11.2. The number of ether oxygens (including phenoxy) is 3. The largest absolute Gasteiger partial charge is 0.479 e. The van der Waals surface area contributed by atoms with Crippen LogP contribution in [0.1, 0.15) is 0 Å². The minimum atomic E-state index is -2.00. The van der Waals surface area contributed by atoms with Crippen molar-refractivity contribution in [2.45, 2.75) is 49.2 Å². The van der Waals surface area contributed by atoms with Crippen LogP contribution in [0, 0.1) is 0 Å². The van der Waals surface area contributed by atoms with Gasteiger partial charge in [0.15, 0.2) is 12.4 Å². The van der Waals surface area contributed by atoms with Crippen LogP contribution < -0.4 is 0 Å². The molecule has 12 heteroatoms. The average molecular weight is 352 g/mol. The van der Waals surface area contributed by atoms with Crippen molar-refractivity contribution < 1.29 is 59.5 Å². The fraction of sp³-hybridized carbons (Fsp3) is 0.667. The number of carboxylic acid groups (broad SMARTS) is 2. The van der Waals surface area contributed by atoms with Gasteiger partial charge >= 0.3 is 11.9 Å². The SMILES string of the molecule is O=C(O)C1=C[C@H](O)[C@H](O)[C@H](O[C@H]2[C@H](O)[C@H](O)[C@@H](O)O[C@H]2C(=O)O)O1. The summed E-state index contributed by atoms with van der Waals surface area (Å²) in [5.41, 5.74) is 0. The maximum absolute atomic E-state index is 11.2. The number of rotatable bonds is 4. The van der Waals surface area contributed by atoms with Gasteiger partial charge in [0.05, 0.1) is 0 Å². The van der Waals surface area contributed by atoms with Crippen molar-refractivity contribution in [3.8, 4) is 0 Å². The molecule has 0 spiro atoms. The van der Waals surface area contributed by atoms with Crippen molar-refractivity contribution in [1.29, 1.82) is 0 Å². The molecule has 12 nitrogen and oxygen atoms in total. The first-order chi connectivity index (χ1) is 11.1. The van der Waals surface area contributed by atoms with Crippen LogP contribution in [0.4, 0.5) is 0 Å². The molecule has 8 atom stereocenters. The van der Waals surface area contributed by atoms with E-state index in [4.69, 9.17) is 19.7 Å². The highest BCUT2D eigenvalue weighted by molar-refractivity contribution is 5.84. The lowest BCUT2D eigenvalue weighted by atomic mass is 9.98. The zero-order chi connectivity index (χ0) is 18.2. The van der Waals surface area contributed by atoms with Gasteiger partial charge in [-0.25, -0.2) is 9.59 Å². The summed E-state index contributed by atoms with van der Waals surface area (Å²) in [5, 5.41) is 66.0. The molecule has 1 fully saturated rings. The first-order valence-electron chi connectivity index (χ1n) is 6.69. The Labute approximate surface area is 133 Å². The normalized spacial score (nSPS) is 42.8. The number of aliphatic carboxylic acids is 2. The molecule has 0 aromatic heterocycles. The molecular weight excluding hydrogens is 336 g/mol. The number of aliphatic hydroxyl groups is 5. The lowest BCUT2D eigenvalue weighted by Crippen LogP contribution is -2.62. The number of carbonyl (C=O) groups is 2. The van der Waals surface area contributed by atoms with Crippen LogP contribution in [0.5, 0.6) is 0 Å². The van der Waals surface area contributed by atoms with Gasteiger partial charge in [0.2, 0.25) is 12.0 Å². The highest BCUT2D eigenvalue weighted by atomic mass is 16.7. The van der Waals surface area contributed by atoms with E-state index in [0.29, 0.717) is 6.08 Å². The zero-order valence-corrected chi connectivity index (χ0v) is 11.9. The topological polar surface area (TPSA) is 203 Å². The summed E-state index contributed by atoms with van der Waals surface area (Å²) in [5.74, 6) is -4.01. The molecule has 0 aliphatic carbocycles. The number of hydrogen-bond acceptors (Lipinski definition) is 10. The predicted octanol–water partition coefficient (Wildman–Crippen LogP) is -4.06. The first-order valence-corrected chi connectivity index (χ1v) is 6.69. The van der Waals surface area contributed by atoms with Crippen molar-refractivity contribution in [1.82, 2.24) is 0 Å². The molecule has 0 amide bonds. The third-order valence-corrected chi connectivity index (χ3v) is 3.50. The summed E-state index contributed by atoms with van der Waals surface area (Å²) in [6.07, 6.45) is -14.3. The first kappa shape index (κ1) is 18.5. The monoisotopic (exact) mass is 352 g/mol. The predicted molar refractivity (Wildman–Crippen MR) is 68.0 cm³/mol. The van der Waals surface area contributed by atoms with Gasteiger partial charge in [-0.05, 0) is 6.08 Å². The molecule has 0 aromatic rings. The van der Waals surface area contributed by atoms with E-state index in [0.717, 1.165) is 0 Å². The molecule has 136 valence electrons. The Morgan fingerprint density at radius 1 is 1.00 bits per heavy atom. The Kier molecular flexibility index (Phi) is 5.39. The van der Waals surface area contributed by atoms with Gasteiger partial charge in [0.25, 0.3) is 0 Å². The van der Waals surface area contributed by atoms with Gasteiger partial charge in [-0.2, -0.15) is 0 Å². The number of carboxylic acids is 2. The molecule has 1 saturated heterocycles. The quantitative estimate of drug-likeness (QED) is 0.258. The van der Waals surface area contributed by atoms with E-state index in [1.807, 2.05) is 0 Å². The number of hydrogen-bond donors (Lipinski definition) is 7. The van der Waals surface area contributed by atoms with Crippen LogP contribution >= 0.6 is 0 Å². The highest BCUT2D eigenvalue weighted by Crippen LogP contribution is 2.27. The van der Waals surface area contributed by atoms with E-state index < -0.39 is 66.9 Å². The second-order valence-electron chi connectivity index (χ2n) is 5.17. The third-order valence-electron chi connectivity index (χ3n) is 3.50. The fourth-order valence-electron chi connectivity index (χ4n) is 2.23. The molecule has 2 aliphatic rings. The fourth-order valence-corrected chi connectivity index (χ4v) is 2.23. The van der Waals surface area contributed by atoms with Crippen molar-refractivity contribution in [3.05, 3.63) is 11.8 Å². The molecule has 2 aliphatic heterocycles. The second-order valence-corrected chi connectivity index (χ2v) is 5.17. The molecular formula is C12H16O12. The lowest BCUT2D eigenvalue weighted by Gasteiger charge is -2.41. The van der Waals surface area contributed by atoms with E-state index in [9.17, 15) is 35.1 Å². The van der Waals surface area contributed by atoms with Crippen LogP contribution in [-0.2, 0) is 23.8 Å². The third kappa shape index (κ3) is 3.49. The molecule has 0 bridgehead atoms. The van der Waals surface area contributed by atoms with E-state index in [2.05, 4.69) is 4.74 Å². The smallest absolute Gasteiger partial charge is 0.371 e. The Hall–Kier alpha value is -1.80. The average Bonchev–Trinajstić information content (AvgIpc) is 2.51. The van der Waals surface area contributed by atoms with Crippen LogP contribution in [0.15, 0.2) is 11.8 Å². The van der Waals surface area contributed by atoms with E-state index in [1.54, 1.807) is 0 Å². The van der Waals surface area contributed by atoms with Gasteiger partial charge in [0, 0.05) is 0 Å². The van der Waals surface area contributed by atoms with Gasteiger partial charge in [-0.1, -0.05) is 0 Å². The van der Waals surface area contributed by atoms with Crippen molar-refractivity contribution in [2.75, 3.05) is 0 Å². The Morgan fingerprint density at radius 2 is 1.62 bits per heavy atom. The Balaban J connectivity index is 2.21. The molecule has 0 radical (unpaired) electrons. The van der Waals surface area contributed by atoms with Crippen molar-refractivity contribution in [3.63, 3.8) is 0 Å². The molecule has 0 aromatic carbocycles. The van der Waals surface area contributed by atoms with Crippen LogP contribution in [0.3, 0.4) is 0 Å². The van der Waals surface area contributed by atoms with Crippen LogP contribution in [0.25, 0.3) is 0 Å². The Bertz CT molecular complexity index is 532. The van der Waals surface area contributed by atoms with E-state index in [-0.39, 0.29) is 0 Å². The van der Waals surface area contributed by atoms with Crippen molar-refractivity contribution >= 4 is 11.9 Å². The summed E-state index contributed by atoms with van der Waals surface area (Å²) in [7, 11) is 0. The number of aliphatic hydroxyl groups excluding tert-OH is 5. The minimum Gasteiger partial charge on any atom is -0.479 e. The summed E-state index contributed by atoms with van der Waals surface area (Å²) >= 11 is 0. The van der Waals surface area contributed by atoms with E-state index in [1.165, 1.54) is 0 Å². The van der Waals surface area contributed by atoms with Crippen LogP contribution in [0.2, 0.25) is 0 Å². The summed E-state index contributed by atoms with van der Waals surface area (Å²) < 4.78 is 14.4. The standard InChI is InChI=1S/C12H16O12/c13-2-1-3(9(17)18)22-12(4(2)14)24-7-5(15)6(16)11(21)23-8(7)10(19)20/h1-2,4-8,11-16,21H,(H,17,18)(H,19,20)/t2-,4-,5+,6-,7-,8+,11-,12-/m0/s1. The highest BCUT2D eigenvalue weighted by Gasteiger charge is 2.50. The van der Waals surface area contributed by atoms with Gasteiger partial charge < -0.3 is 50.0 Å². The second kappa shape index (κ2) is 6.98. The molecule has 2 heterocycles. The van der Waals surface area contributed by atoms with Gasteiger partial charge in [-0.3, -0.25) is 0 Å². The van der Waals surface area contributed by atoms with Crippen molar-refractivity contribution in [2.24, 2.45) is 0 Å². The van der Waals surface area contributed by atoms with E-state index >= 15 is 0 Å². The summed E-state index contributed by atoms with van der Waals surface area (Å²) in [6.45, 7) is 0. The molecule has 2 rings (SSSR count). The lowest BCUT2D eigenvalue weighted by molar-refractivity contribution is -0.319. The zero-order valence-electron chi connectivity index (χ0n) is 11.9. The maximum Gasteiger partial charge on any atom is 0.371 e. The van der Waals surface area contributed by atoms with Crippen LogP contribution in [-0.4, -0.2) is 96.9 Å². The van der Waals surface area contributed by atoms with Gasteiger partial charge in [0.1, 0.15) is 30.5 Å². The molecule has 0 saturated carbocycles. The summed E-state index contributed by atoms with van der Waals surface area (Å²) in [6, 6.07) is 0. The van der Waals surface area contributed by atoms with Gasteiger partial charge in [-0.15, -0.1) is 0 Å². The molecule has 7 N–H and O–H groups in total. The Morgan fingerprint density at radius 3 is 2.17 bits per heavy atom. The molecule has 0 unspecified atom stereocenters.